The van der Waals surface area contributed by atoms with Crippen molar-refractivity contribution in [1.29, 1.82) is 0 Å². The maximum atomic E-state index is 13.3. The van der Waals surface area contributed by atoms with Crippen LogP contribution in [0.1, 0.15) is 22.3 Å². The number of halogens is 4. The van der Waals surface area contributed by atoms with Crippen LogP contribution in [0.4, 0.5) is 17.6 Å². The van der Waals surface area contributed by atoms with Crippen molar-refractivity contribution < 1.29 is 32.6 Å². The smallest absolute Gasteiger partial charge is 0.421 e. The molecule has 0 aliphatic carbocycles. The van der Waals surface area contributed by atoms with Crippen molar-refractivity contribution >= 4 is 5.78 Å². The van der Waals surface area contributed by atoms with E-state index in [9.17, 15) is 32.6 Å². The zero-order valence-corrected chi connectivity index (χ0v) is 11.6. The molecule has 0 saturated heterocycles. The first-order chi connectivity index (χ1) is 10.6. The first-order valence-electron chi connectivity index (χ1n) is 6.51. The molecule has 0 radical (unpaired) electrons. The highest BCUT2D eigenvalue weighted by Gasteiger charge is 2.56. The van der Waals surface area contributed by atoms with E-state index in [2.05, 4.69) is 0 Å². The summed E-state index contributed by atoms with van der Waals surface area (Å²) in [7, 11) is 0. The number of ketones is 1. The topological polar surface area (TPSA) is 57.5 Å². The number of alkyl halides is 3. The Morgan fingerprint density at radius 2 is 1.65 bits per heavy atom. The minimum absolute atomic E-state index is 0.495. The van der Waals surface area contributed by atoms with Crippen LogP contribution >= 0.6 is 0 Å². The van der Waals surface area contributed by atoms with E-state index >= 15 is 0 Å². The number of phenolic OH excluding ortho intramolecular Hbond substituents is 1. The van der Waals surface area contributed by atoms with E-state index in [0.717, 1.165) is 24.3 Å². The summed E-state index contributed by atoms with van der Waals surface area (Å²) < 4.78 is 52.8. The van der Waals surface area contributed by atoms with Gasteiger partial charge in [0.05, 0.1) is 12.0 Å². The number of hydrogen-bond donors (Lipinski definition) is 2. The summed E-state index contributed by atoms with van der Waals surface area (Å²) in [5.41, 5.74) is -4.40. The van der Waals surface area contributed by atoms with E-state index in [1.54, 1.807) is 0 Å². The molecule has 0 heterocycles. The molecule has 0 unspecified atom stereocenters. The number of carbonyl (C=O) groups excluding carboxylic acids is 1. The monoisotopic (exact) mass is 328 g/mol. The van der Waals surface area contributed by atoms with Crippen molar-refractivity contribution in [3.63, 3.8) is 0 Å². The van der Waals surface area contributed by atoms with E-state index in [1.165, 1.54) is 18.2 Å². The van der Waals surface area contributed by atoms with Gasteiger partial charge in [-0.3, -0.25) is 4.79 Å². The average molecular weight is 328 g/mol. The standard InChI is InChI=1S/C16H12F4O3/c17-11-6-7-12(13(21)8-11)14(22)9-15(23,16(18,19)20)10-4-2-1-3-5-10/h1-8,21,23H,9H2/t15-/m0/s1. The Hall–Kier alpha value is -2.41. The second-order valence-corrected chi connectivity index (χ2v) is 4.99. The SMILES string of the molecule is O=C(C[C@](O)(c1ccccc1)C(F)(F)F)c1ccc(F)cc1O. The molecule has 1 atom stereocenters. The van der Waals surface area contributed by atoms with Crippen LogP contribution in [0, 0.1) is 5.82 Å². The van der Waals surface area contributed by atoms with Crippen molar-refractivity contribution in [1.82, 2.24) is 0 Å². The summed E-state index contributed by atoms with van der Waals surface area (Å²) in [6.07, 6.45) is -6.45. The van der Waals surface area contributed by atoms with Crippen LogP contribution < -0.4 is 0 Å². The molecule has 2 aromatic carbocycles. The number of aromatic hydroxyl groups is 1. The van der Waals surface area contributed by atoms with Gasteiger partial charge in [0.2, 0.25) is 0 Å². The summed E-state index contributed by atoms with van der Waals surface area (Å²) >= 11 is 0. The lowest BCUT2D eigenvalue weighted by molar-refractivity contribution is -0.264. The lowest BCUT2D eigenvalue weighted by Gasteiger charge is -2.30. The van der Waals surface area contributed by atoms with Gasteiger partial charge in [0.25, 0.3) is 0 Å². The van der Waals surface area contributed by atoms with E-state index in [0.29, 0.717) is 6.07 Å². The minimum Gasteiger partial charge on any atom is -0.507 e. The maximum absolute atomic E-state index is 13.3. The number of benzene rings is 2. The van der Waals surface area contributed by atoms with Gasteiger partial charge in [0.1, 0.15) is 11.6 Å². The summed E-state index contributed by atoms with van der Waals surface area (Å²) in [5.74, 6) is -2.79. The van der Waals surface area contributed by atoms with E-state index in [-0.39, 0.29) is 0 Å². The Kier molecular flexibility index (Phi) is 4.42. The molecule has 0 aliphatic rings. The van der Waals surface area contributed by atoms with E-state index < -0.39 is 46.7 Å². The summed E-state index contributed by atoms with van der Waals surface area (Å²) in [6.45, 7) is 0. The molecule has 23 heavy (non-hydrogen) atoms. The highest BCUT2D eigenvalue weighted by atomic mass is 19.4. The summed E-state index contributed by atoms with van der Waals surface area (Å²) in [5, 5.41) is 19.6. The van der Waals surface area contributed by atoms with Gasteiger partial charge in [-0.25, -0.2) is 4.39 Å². The van der Waals surface area contributed by atoms with Crippen molar-refractivity contribution in [3.05, 3.63) is 65.5 Å². The van der Waals surface area contributed by atoms with Gasteiger partial charge in [-0.05, 0) is 17.7 Å². The zero-order chi connectivity index (χ0) is 17.3. The fraction of sp³-hybridized carbons (Fsp3) is 0.188. The lowest BCUT2D eigenvalue weighted by atomic mass is 9.86. The minimum atomic E-state index is -5.11. The summed E-state index contributed by atoms with van der Waals surface area (Å²) in [6, 6.07) is 8.47. The average Bonchev–Trinajstić information content (AvgIpc) is 2.46. The molecule has 2 rings (SSSR count). The Morgan fingerprint density at radius 3 is 2.17 bits per heavy atom. The van der Waals surface area contributed by atoms with Crippen LogP contribution in [-0.4, -0.2) is 22.2 Å². The van der Waals surface area contributed by atoms with Crippen LogP contribution in [0.25, 0.3) is 0 Å². The second-order valence-electron chi connectivity index (χ2n) is 4.99. The number of hydrogen-bond acceptors (Lipinski definition) is 3. The van der Waals surface area contributed by atoms with E-state index in [4.69, 9.17) is 0 Å². The molecule has 0 saturated carbocycles. The zero-order valence-electron chi connectivity index (χ0n) is 11.6. The first-order valence-corrected chi connectivity index (χ1v) is 6.51. The van der Waals surface area contributed by atoms with Crippen LogP contribution in [0.3, 0.4) is 0 Å². The third-order valence-corrected chi connectivity index (χ3v) is 3.40. The van der Waals surface area contributed by atoms with Crippen molar-refractivity contribution in [3.8, 4) is 5.75 Å². The normalized spacial score (nSPS) is 14.3. The Morgan fingerprint density at radius 1 is 1.04 bits per heavy atom. The van der Waals surface area contributed by atoms with Gasteiger partial charge in [0, 0.05) is 6.07 Å². The molecule has 0 aliphatic heterocycles. The molecule has 2 aromatic rings. The van der Waals surface area contributed by atoms with Gasteiger partial charge >= 0.3 is 6.18 Å². The predicted octanol–water partition coefficient (Wildman–Crippen LogP) is 3.55. The van der Waals surface area contributed by atoms with Gasteiger partial charge in [-0.2, -0.15) is 13.2 Å². The van der Waals surface area contributed by atoms with Gasteiger partial charge in [-0.1, -0.05) is 30.3 Å². The van der Waals surface area contributed by atoms with Crippen LogP contribution in [-0.2, 0) is 5.60 Å². The highest BCUT2D eigenvalue weighted by molar-refractivity contribution is 5.99. The van der Waals surface area contributed by atoms with Gasteiger partial charge in [0.15, 0.2) is 11.4 Å². The Labute approximate surface area is 128 Å². The first kappa shape index (κ1) is 17.0. The van der Waals surface area contributed by atoms with Crippen molar-refractivity contribution in [2.45, 2.75) is 18.2 Å². The van der Waals surface area contributed by atoms with Gasteiger partial charge < -0.3 is 10.2 Å². The van der Waals surface area contributed by atoms with Crippen LogP contribution in [0.2, 0.25) is 0 Å². The lowest BCUT2D eigenvalue weighted by Crippen LogP contribution is -2.44. The van der Waals surface area contributed by atoms with Crippen LogP contribution in [0.5, 0.6) is 5.75 Å². The summed E-state index contributed by atoms with van der Waals surface area (Å²) in [4.78, 5) is 12.1. The third kappa shape index (κ3) is 3.34. The molecule has 0 bridgehead atoms. The molecule has 7 heteroatoms. The quantitative estimate of drug-likeness (QED) is 0.666. The molecule has 0 aromatic heterocycles. The van der Waals surface area contributed by atoms with Crippen molar-refractivity contribution in [2.24, 2.45) is 0 Å². The molecule has 3 nitrogen and oxygen atoms in total. The molecule has 0 amide bonds. The fourth-order valence-corrected chi connectivity index (χ4v) is 2.15. The second kappa shape index (κ2) is 6.00. The largest absolute Gasteiger partial charge is 0.507 e. The molecular formula is C16H12F4O3. The number of aliphatic hydroxyl groups is 1. The van der Waals surface area contributed by atoms with Gasteiger partial charge in [-0.15, -0.1) is 0 Å². The molecular weight excluding hydrogens is 316 g/mol. The number of phenols is 1. The molecule has 0 fully saturated rings. The van der Waals surface area contributed by atoms with Crippen LogP contribution in [0.15, 0.2) is 48.5 Å². The molecule has 0 spiro atoms. The predicted molar refractivity (Wildman–Crippen MR) is 73.4 cm³/mol. The van der Waals surface area contributed by atoms with Crippen molar-refractivity contribution in [2.75, 3.05) is 0 Å². The third-order valence-electron chi connectivity index (χ3n) is 3.40. The maximum Gasteiger partial charge on any atom is 0.421 e. The molecule has 2 N–H and O–H groups in total. The molecule has 122 valence electrons. The Bertz CT molecular complexity index is 713. The number of carbonyl (C=O) groups is 1. The number of rotatable bonds is 4. The number of Topliss-reactive ketones (excluding diaryl/α,β-unsaturated/α-hetero) is 1. The fourth-order valence-electron chi connectivity index (χ4n) is 2.15. The highest BCUT2D eigenvalue weighted by Crippen LogP contribution is 2.42. The van der Waals surface area contributed by atoms with E-state index in [1.807, 2.05) is 0 Å². The Balaban J connectivity index is 2.41.